The number of fused-ring (bicyclic) bond motifs is 1. The van der Waals surface area contributed by atoms with E-state index in [4.69, 9.17) is 4.74 Å². The van der Waals surface area contributed by atoms with Crippen LogP contribution in [0.15, 0.2) is 30.3 Å². The van der Waals surface area contributed by atoms with Crippen molar-refractivity contribution in [3.8, 4) is 5.75 Å². The SMILES string of the molecule is CCOc1cc2ccccc2c(F)c1C1(C)CCC(=O)CC1. The molecule has 22 heavy (non-hydrogen) atoms. The molecule has 0 atom stereocenters. The van der Waals surface area contributed by atoms with Gasteiger partial charge in [-0.05, 0) is 36.6 Å². The van der Waals surface area contributed by atoms with Gasteiger partial charge in [0.15, 0.2) is 0 Å². The molecule has 0 unspecified atom stereocenters. The van der Waals surface area contributed by atoms with Crippen molar-refractivity contribution in [2.75, 3.05) is 6.61 Å². The molecule has 0 heterocycles. The monoisotopic (exact) mass is 300 g/mol. The van der Waals surface area contributed by atoms with Gasteiger partial charge in [-0.3, -0.25) is 4.79 Å². The van der Waals surface area contributed by atoms with Gasteiger partial charge in [-0.1, -0.05) is 31.2 Å². The number of rotatable bonds is 3. The molecule has 0 saturated heterocycles. The van der Waals surface area contributed by atoms with Gasteiger partial charge in [0.25, 0.3) is 0 Å². The van der Waals surface area contributed by atoms with Crippen LogP contribution in [0.4, 0.5) is 4.39 Å². The molecule has 1 aliphatic carbocycles. The number of benzene rings is 2. The molecule has 2 aromatic rings. The Hall–Kier alpha value is -1.90. The van der Waals surface area contributed by atoms with Gasteiger partial charge in [0.1, 0.15) is 17.3 Å². The van der Waals surface area contributed by atoms with Gasteiger partial charge < -0.3 is 4.74 Å². The average molecular weight is 300 g/mol. The van der Waals surface area contributed by atoms with E-state index < -0.39 is 0 Å². The third-order valence-electron chi connectivity index (χ3n) is 4.76. The Labute approximate surface area is 130 Å². The number of halogens is 1. The van der Waals surface area contributed by atoms with E-state index in [0.717, 1.165) is 5.39 Å². The molecule has 0 aliphatic heterocycles. The summed E-state index contributed by atoms with van der Waals surface area (Å²) >= 11 is 0. The lowest BCUT2D eigenvalue weighted by Crippen LogP contribution is -2.30. The van der Waals surface area contributed by atoms with Crippen molar-refractivity contribution in [1.29, 1.82) is 0 Å². The largest absolute Gasteiger partial charge is 0.493 e. The van der Waals surface area contributed by atoms with Gasteiger partial charge in [-0.25, -0.2) is 4.39 Å². The van der Waals surface area contributed by atoms with E-state index in [2.05, 4.69) is 6.92 Å². The minimum Gasteiger partial charge on any atom is -0.493 e. The van der Waals surface area contributed by atoms with Crippen LogP contribution in [0.1, 0.15) is 45.1 Å². The van der Waals surface area contributed by atoms with Gasteiger partial charge in [0.2, 0.25) is 0 Å². The fourth-order valence-electron chi connectivity index (χ4n) is 3.44. The second-order valence-electron chi connectivity index (χ2n) is 6.32. The van der Waals surface area contributed by atoms with Gasteiger partial charge >= 0.3 is 0 Å². The highest BCUT2D eigenvalue weighted by atomic mass is 19.1. The second kappa shape index (κ2) is 5.71. The number of hydrogen-bond donors (Lipinski definition) is 0. The van der Waals surface area contributed by atoms with E-state index in [1.807, 2.05) is 31.2 Å². The van der Waals surface area contributed by atoms with E-state index >= 15 is 4.39 Å². The molecule has 0 N–H and O–H groups in total. The standard InChI is InChI=1S/C19H21FO2/c1-3-22-16-12-13-6-4-5-7-15(13)18(20)17(16)19(2)10-8-14(21)9-11-19/h4-7,12H,3,8-11H2,1-2H3. The Bertz CT molecular complexity index is 711. The molecule has 1 aliphatic rings. The third-order valence-corrected chi connectivity index (χ3v) is 4.76. The molecule has 2 aromatic carbocycles. The summed E-state index contributed by atoms with van der Waals surface area (Å²) in [5.74, 6) is 0.700. The van der Waals surface area contributed by atoms with Gasteiger partial charge in [-0.15, -0.1) is 0 Å². The van der Waals surface area contributed by atoms with Crippen molar-refractivity contribution in [2.45, 2.75) is 44.9 Å². The normalized spacial score (nSPS) is 17.7. The zero-order valence-corrected chi connectivity index (χ0v) is 13.1. The molecule has 0 amide bonds. The molecule has 3 heteroatoms. The molecular weight excluding hydrogens is 279 g/mol. The van der Waals surface area contributed by atoms with Crippen molar-refractivity contribution in [1.82, 2.24) is 0 Å². The Morgan fingerprint density at radius 2 is 1.91 bits per heavy atom. The second-order valence-corrected chi connectivity index (χ2v) is 6.32. The first kappa shape index (κ1) is 15.0. The van der Waals surface area contributed by atoms with Crippen LogP contribution in [0.2, 0.25) is 0 Å². The van der Waals surface area contributed by atoms with Gasteiger partial charge in [0.05, 0.1) is 6.61 Å². The summed E-state index contributed by atoms with van der Waals surface area (Å²) in [6.45, 7) is 4.46. The molecular formula is C19H21FO2. The van der Waals surface area contributed by atoms with Crippen LogP contribution >= 0.6 is 0 Å². The number of carbonyl (C=O) groups excluding carboxylic acids is 1. The molecule has 1 saturated carbocycles. The van der Waals surface area contributed by atoms with Crippen LogP contribution in [0.25, 0.3) is 10.8 Å². The molecule has 0 aromatic heterocycles. The topological polar surface area (TPSA) is 26.3 Å². The summed E-state index contributed by atoms with van der Waals surface area (Å²) in [4.78, 5) is 11.6. The number of Topliss-reactive ketones (excluding diaryl/α,β-unsaturated/α-hetero) is 1. The smallest absolute Gasteiger partial charge is 0.138 e. The minimum absolute atomic E-state index is 0.196. The quantitative estimate of drug-likeness (QED) is 0.815. The third kappa shape index (κ3) is 2.49. The fourth-order valence-corrected chi connectivity index (χ4v) is 3.44. The van der Waals surface area contributed by atoms with E-state index in [1.165, 1.54) is 0 Å². The maximum absolute atomic E-state index is 15.2. The Morgan fingerprint density at radius 3 is 2.59 bits per heavy atom. The zero-order valence-electron chi connectivity index (χ0n) is 13.1. The van der Waals surface area contributed by atoms with Crippen LogP contribution < -0.4 is 4.74 Å². The van der Waals surface area contributed by atoms with Crippen molar-refractivity contribution in [2.24, 2.45) is 0 Å². The van der Waals surface area contributed by atoms with E-state index in [1.54, 1.807) is 6.07 Å². The summed E-state index contributed by atoms with van der Waals surface area (Å²) in [5.41, 5.74) is 0.299. The van der Waals surface area contributed by atoms with Gasteiger partial charge in [-0.2, -0.15) is 0 Å². The van der Waals surface area contributed by atoms with Gasteiger partial charge in [0, 0.05) is 23.8 Å². The zero-order chi connectivity index (χ0) is 15.7. The van der Waals surface area contributed by atoms with Crippen LogP contribution in [0, 0.1) is 5.82 Å². The predicted octanol–water partition coefficient (Wildman–Crippen LogP) is 4.78. The lowest BCUT2D eigenvalue weighted by Gasteiger charge is -2.35. The number of ketones is 1. The Morgan fingerprint density at radius 1 is 1.23 bits per heavy atom. The molecule has 0 spiro atoms. The minimum atomic E-state index is -0.341. The highest BCUT2D eigenvalue weighted by Gasteiger charge is 2.37. The van der Waals surface area contributed by atoms with Crippen molar-refractivity contribution < 1.29 is 13.9 Å². The van der Waals surface area contributed by atoms with E-state index in [0.29, 0.717) is 49.0 Å². The summed E-state index contributed by atoms with van der Waals surface area (Å²) in [6, 6.07) is 9.39. The summed E-state index contributed by atoms with van der Waals surface area (Å²) in [7, 11) is 0. The van der Waals surface area contributed by atoms with Crippen LogP contribution in [-0.2, 0) is 10.2 Å². The molecule has 0 radical (unpaired) electrons. The number of ether oxygens (including phenoxy) is 1. The predicted molar refractivity (Wildman–Crippen MR) is 85.9 cm³/mol. The maximum Gasteiger partial charge on any atom is 0.138 e. The molecule has 0 bridgehead atoms. The Kier molecular flexibility index (Phi) is 3.90. The molecule has 116 valence electrons. The number of hydrogen-bond acceptors (Lipinski definition) is 2. The van der Waals surface area contributed by atoms with Crippen LogP contribution in [0.3, 0.4) is 0 Å². The van der Waals surface area contributed by atoms with Crippen LogP contribution in [-0.4, -0.2) is 12.4 Å². The average Bonchev–Trinajstić information content (AvgIpc) is 2.51. The first-order chi connectivity index (χ1) is 10.5. The summed E-state index contributed by atoms with van der Waals surface area (Å²) < 4.78 is 21.0. The van der Waals surface area contributed by atoms with E-state index in [9.17, 15) is 4.79 Å². The fraction of sp³-hybridized carbons (Fsp3) is 0.421. The summed E-state index contributed by atoms with van der Waals surface area (Å²) in [5, 5.41) is 1.47. The first-order valence-corrected chi connectivity index (χ1v) is 7.91. The highest BCUT2D eigenvalue weighted by molar-refractivity contribution is 5.86. The molecule has 1 fully saturated rings. The lowest BCUT2D eigenvalue weighted by molar-refractivity contribution is -0.121. The molecule has 3 rings (SSSR count). The van der Waals surface area contributed by atoms with Crippen molar-refractivity contribution >= 4 is 16.6 Å². The van der Waals surface area contributed by atoms with Crippen molar-refractivity contribution in [3.05, 3.63) is 41.7 Å². The molecule has 2 nitrogen and oxygen atoms in total. The maximum atomic E-state index is 15.2. The number of carbonyl (C=O) groups is 1. The highest BCUT2D eigenvalue weighted by Crippen LogP contribution is 2.45. The first-order valence-electron chi connectivity index (χ1n) is 7.91. The van der Waals surface area contributed by atoms with Crippen LogP contribution in [0.5, 0.6) is 5.75 Å². The lowest BCUT2D eigenvalue weighted by atomic mass is 9.69. The Balaban J connectivity index is 2.20. The van der Waals surface area contributed by atoms with Crippen molar-refractivity contribution in [3.63, 3.8) is 0 Å². The summed E-state index contributed by atoms with van der Waals surface area (Å²) in [6.07, 6.45) is 2.41. The van der Waals surface area contributed by atoms with E-state index in [-0.39, 0.29) is 17.0 Å².